The Labute approximate surface area is 164 Å². The third-order valence-corrected chi connectivity index (χ3v) is 5.23. The number of aryl methyl sites for hydroxylation is 1. The highest BCUT2D eigenvalue weighted by Gasteiger charge is 2.19. The standard InChI is InChI=1S/C16H13Cl2N3O2S2/c1-7-8(2)25-15(11(7)6-19)21-16(24)20-14(22)10-4-9(17)5-12(18)13(10)23-3/h4-5H,1-3H3,(H2,20,21,22,24). The lowest BCUT2D eigenvalue weighted by Crippen LogP contribution is -2.34. The van der Waals surface area contributed by atoms with Gasteiger partial charge in [-0.2, -0.15) is 5.26 Å². The van der Waals surface area contributed by atoms with Gasteiger partial charge in [-0.3, -0.25) is 10.1 Å². The van der Waals surface area contributed by atoms with Gasteiger partial charge in [-0.15, -0.1) is 11.3 Å². The Bertz CT molecular complexity index is 904. The molecule has 1 heterocycles. The van der Waals surface area contributed by atoms with Crippen LogP contribution >= 0.6 is 46.8 Å². The first-order chi connectivity index (χ1) is 11.8. The Balaban J connectivity index is 2.21. The van der Waals surface area contributed by atoms with Crippen molar-refractivity contribution in [2.45, 2.75) is 13.8 Å². The van der Waals surface area contributed by atoms with Crippen molar-refractivity contribution in [2.24, 2.45) is 0 Å². The highest BCUT2D eigenvalue weighted by atomic mass is 35.5. The number of nitrogens with zero attached hydrogens (tertiary/aromatic N) is 1. The first kappa shape index (κ1) is 19.5. The largest absolute Gasteiger partial charge is 0.494 e. The van der Waals surface area contributed by atoms with Crippen molar-refractivity contribution in [1.82, 2.24) is 5.32 Å². The van der Waals surface area contributed by atoms with Crippen LogP contribution in [0, 0.1) is 25.2 Å². The summed E-state index contributed by atoms with van der Waals surface area (Å²) < 4.78 is 5.15. The van der Waals surface area contributed by atoms with Crippen LogP contribution in [0.1, 0.15) is 26.4 Å². The fourth-order valence-corrected chi connectivity index (χ4v) is 3.94. The van der Waals surface area contributed by atoms with Crippen LogP contribution in [0.4, 0.5) is 5.00 Å². The van der Waals surface area contributed by atoms with Crippen molar-refractivity contribution < 1.29 is 9.53 Å². The molecule has 0 bridgehead atoms. The zero-order valence-electron chi connectivity index (χ0n) is 13.5. The van der Waals surface area contributed by atoms with Crippen LogP contribution in [-0.4, -0.2) is 18.1 Å². The number of hydrogen-bond acceptors (Lipinski definition) is 5. The number of carbonyl (C=O) groups excluding carboxylic acids is 1. The Hall–Kier alpha value is -1.85. The smallest absolute Gasteiger partial charge is 0.261 e. The van der Waals surface area contributed by atoms with Crippen molar-refractivity contribution in [3.63, 3.8) is 0 Å². The van der Waals surface area contributed by atoms with Gasteiger partial charge in [-0.05, 0) is 43.8 Å². The molecular weight excluding hydrogens is 401 g/mol. The zero-order chi connectivity index (χ0) is 18.7. The lowest BCUT2D eigenvalue weighted by atomic mass is 10.2. The van der Waals surface area contributed by atoms with E-state index in [4.69, 9.17) is 40.2 Å². The Morgan fingerprint density at radius 2 is 2.04 bits per heavy atom. The van der Waals surface area contributed by atoms with Crippen LogP contribution in [0.5, 0.6) is 5.75 Å². The number of hydrogen-bond donors (Lipinski definition) is 2. The van der Waals surface area contributed by atoms with Gasteiger partial charge in [0, 0.05) is 9.90 Å². The monoisotopic (exact) mass is 413 g/mol. The minimum absolute atomic E-state index is 0.0564. The molecule has 0 radical (unpaired) electrons. The summed E-state index contributed by atoms with van der Waals surface area (Å²) in [5.41, 5.74) is 1.54. The van der Waals surface area contributed by atoms with E-state index < -0.39 is 5.91 Å². The molecule has 1 amide bonds. The van der Waals surface area contributed by atoms with E-state index in [0.717, 1.165) is 10.4 Å². The molecule has 25 heavy (non-hydrogen) atoms. The maximum atomic E-state index is 12.5. The minimum atomic E-state index is -0.526. The van der Waals surface area contributed by atoms with Gasteiger partial charge in [-0.1, -0.05) is 23.2 Å². The first-order valence-corrected chi connectivity index (χ1v) is 8.92. The van der Waals surface area contributed by atoms with Gasteiger partial charge in [0.05, 0.1) is 23.3 Å². The average molecular weight is 414 g/mol. The van der Waals surface area contributed by atoms with Gasteiger partial charge < -0.3 is 10.1 Å². The molecule has 2 rings (SSSR count). The van der Waals surface area contributed by atoms with Crippen molar-refractivity contribution in [2.75, 3.05) is 12.4 Å². The molecule has 0 saturated heterocycles. The fourth-order valence-electron chi connectivity index (χ4n) is 2.09. The molecule has 0 aliphatic rings. The van der Waals surface area contributed by atoms with E-state index >= 15 is 0 Å². The number of nitriles is 1. The lowest BCUT2D eigenvalue weighted by Gasteiger charge is -2.12. The van der Waals surface area contributed by atoms with E-state index in [0.29, 0.717) is 15.6 Å². The molecule has 130 valence electrons. The average Bonchev–Trinajstić information content (AvgIpc) is 2.80. The van der Waals surface area contributed by atoms with E-state index in [2.05, 4.69) is 16.7 Å². The van der Waals surface area contributed by atoms with Crippen LogP contribution in [-0.2, 0) is 0 Å². The second-order valence-electron chi connectivity index (χ2n) is 4.98. The molecule has 5 nitrogen and oxygen atoms in total. The van der Waals surface area contributed by atoms with Crippen LogP contribution in [0.3, 0.4) is 0 Å². The number of benzene rings is 1. The first-order valence-electron chi connectivity index (χ1n) is 6.94. The van der Waals surface area contributed by atoms with E-state index in [1.54, 1.807) is 0 Å². The topological polar surface area (TPSA) is 74.2 Å². The van der Waals surface area contributed by atoms with E-state index in [9.17, 15) is 10.1 Å². The Kier molecular flexibility index (Phi) is 6.25. The molecule has 0 aliphatic heterocycles. The fraction of sp³-hybridized carbons (Fsp3) is 0.188. The number of methoxy groups -OCH3 is 1. The van der Waals surface area contributed by atoms with Crippen molar-refractivity contribution in [3.05, 3.63) is 43.7 Å². The van der Waals surface area contributed by atoms with Gasteiger partial charge in [-0.25, -0.2) is 0 Å². The molecule has 2 aromatic rings. The summed E-state index contributed by atoms with van der Waals surface area (Å²) in [6, 6.07) is 5.04. The van der Waals surface area contributed by atoms with Crippen molar-refractivity contribution >= 4 is 62.8 Å². The molecule has 0 fully saturated rings. The number of ether oxygens (including phenoxy) is 1. The normalized spacial score (nSPS) is 10.1. The zero-order valence-corrected chi connectivity index (χ0v) is 16.6. The van der Waals surface area contributed by atoms with Crippen molar-refractivity contribution in [3.8, 4) is 11.8 Å². The third-order valence-electron chi connectivity index (χ3n) is 3.41. The molecule has 0 atom stereocenters. The van der Waals surface area contributed by atoms with Gasteiger partial charge in [0.2, 0.25) is 0 Å². The van der Waals surface area contributed by atoms with E-state index in [-0.39, 0.29) is 21.4 Å². The Morgan fingerprint density at radius 1 is 1.36 bits per heavy atom. The van der Waals surface area contributed by atoms with Gasteiger partial charge in [0.25, 0.3) is 5.91 Å². The molecule has 0 unspecified atom stereocenters. The quantitative estimate of drug-likeness (QED) is 0.714. The van der Waals surface area contributed by atoms with Crippen molar-refractivity contribution in [1.29, 1.82) is 5.26 Å². The second kappa shape index (κ2) is 8.02. The van der Waals surface area contributed by atoms with Crippen LogP contribution in [0.25, 0.3) is 0 Å². The summed E-state index contributed by atoms with van der Waals surface area (Å²) in [7, 11) is 1.40. The predicted octanol–water partition coefficient (Wildman–Crippen LogP) is 4.68. The van der Waals surface area contributed by atoms with Gasteiger partial charge in [0.15, 0.2) is 5.11 Å². The molecule has 2 N–H and O–H groups in total. The maximum absolute atomic E-state index is 12.5. The van der Waals surface area contributed by atoms with Gasteiger partial charge in [0.1, 0.15) is 16.8 Å². The molecular formula is C16H13Cl2N3O2S2. The Morgan fingerprint density at radius 3 is 2.64 bits per heavy atom. The molecule has 0 aliphatic carbocycles. The van der Waals surface area contributed by atoms with Crippen LogP contribution < -0.4 is 15.4 Å². The predicted molar refractivity (Wildman–Crippen MR) is 105 cm³/mol. The number of thiophene rings is 1. The third kappa shape index (κ3) is 4.22. The molecule has 1 aromatic heterocycles. The number of nitrogens with one attached hydrogen (secondary N) is 2. The molecule has 0 spiro atoms. The summed E-state index contributed by atoms with van der Waals surface area (Å²) in [5, 5.41) is 15.8. The van der Waals surface area contributed by atoms with Gasteiger partial charge >= 0.3 is 0 Å². The summed E-state index contributed by atoms with van der Waals surface area (Å²) in [6.45, 7) is 3.77. The number of carbonyl (C=O) groups is 1. The molecule has 0 saturated carbocycles. The maximum Gasteiger partial charge on any atom is 0.261 e. The second-order valence-corrected chi connectivity index (χ2v) is 7.45. The number of rotatable bonds is 3. The highest BCUT2D eigenvalue weighted by molar-refractivity contribution is 7.80. The lowest BCUT2D eigenvalue weighted by molar-refractivity contribution is 0.0975. The summed E-state index contributed by atoms with van der Waals surface area (Å²) in [5.74, 6) is -0.325. The molecule has 1 aromatic carbocycles. The number of halogens is 2. The minimum Gasteiger partial charge on any atom is -0.494 e. The van der Waals surface area contributed by atoms with E-state index in [1.165, 1.54) is 30.6 Å². The summed E-state index contributed by atoms with van der Waals surface area (Å²) >= 11 is 18.5. The van der Waals surface area contributed by atoms with Crippen LogP contribution in [0.15, 0.2) is 12.1 Å². The van der Waals surface area contributed by atoms with E-state index in [1.807, 2.05) is 13.8 Å². The number of amides is 1. The summed E-state index contributed by atoms with van der Waals surface area (Å²) in [4.78, 5) is 13.5. The molecule has 9 heteroatoms. The highest BCUT2D eigenvalue weighted by Crippen LogP contribution is 2.33. The SMILES string of the molecule is COc1c(Cl)cc(Cl)cc1C(=O)NC(=S)Nc1sc(C)c(C)c1C#N. The number of thiocarbonyl (C=S) groups is 1. The van der Waals surface area contributed by atoms with Crippen LogP contribution in [0.2, 0.25) is 10.0 Å². The summed E-state index contributed by atoms with van der Waals surface area (Å²) in [6.07, 6.45) is 0. The number of anilines is 1.